The minimum Gasteiger partial charge on any atom is -0.316 e. The Bertz CT molecular complexity index is 340. The van der Waals surface area contributed by atoms with Gasteiger partial charge in [0.2, 0.25) is 0 Å². The second-order valence-corrected chi connectivity index (χ2v) is 4.09. The van der Waals surface area contributed by atoms with E-state index in [1.54, 1.807) is 6.07 Å². The van der Waals surface area contributed by atoms with Crippen molar-refractivity contribution in [2.24, 2.45) is 0 Å². The van der Waals surface area contributed by atoms with E-state index >= 15 is 0 Å². The van der Waals surface area contributed by atoms with Crippen LogP contribution in [-0.2, 0) is 0 Å². The number of benzene rings is 1. The van der Waals surface area contributed by atoms with Crippen molar-refractivity contribution in [1.29, 1.82) is 0 Å². The minimum absolute atomic E-state index is 0.0718. The lowest BCUT2D eigenvalue weighted by atomic mass is 9.90. The van der Waals surface area contributed by atoms with E-state index in [-0.39, 0.29) is 5.82 Å². The molecule has 1 nitrogen and oxygen atoms in total. The number of hydrogen-bond donors (Lipinski definition) is 1. The van der Waals surface area contributed by atoms with Crippen molar-refractivity contribution in [2.45, 2.75) is 26.2 Å². The van der Waals surface area contributed by atoms with Gasteiger partial charge in [0, 0.05) is 6.54 Å². The molecule has 0 aliphatic carbocycles. The maximum atomic E-state index is 13.4. The monoisotopic (exact) mass is 193 g/mol. The molecule has 76 valence electrons. The highest BCUT2D eigenvalue weighted by atomic mass is 19.1. The molecule has 1 saturated heterocycles. The Morgan fingerprint density at radius 3 is 2.79 bits per heavy atom. The van der Waals surface area contributed by atoms with Crippen LogP contribution in [0.25, 0.3) is 0 Å². The maximum absolute atomic E-state index is 13.4. The van der Waals surface area contributed by atoms with Gasteiger partial charge in [-0.15, -0.1) is 0 Å². The first-order valence-corrected chi connectivity index (χ1v) is 5.16. The zero-order valence-corrected chi connectivity index (χ0v) is 8.73. The van der Waals surface area contributed by atoms with Gasteiger partial charge >= 0.3 is 0 Å². The van der Waals surface area contributed by atoms with Crippen LogP contribution >= 0.6 is 0 Å². The largest absolute Gasteiger partial charge is 0.316 e. The zero-order valence-electron chi connectivity index (χ0n) is 8.73. The molecule has 1 aromatic carbocycles. The van der Waals surface area contributed by atoms with Crippen molar-refractivity contribution in [3.05, 3.63) is 34.6 Å². The Morgan fingerprint density at radius 2 is 2.14 bits per heavy atom. The highest BCUT2D eigenvalue weighted by Gasteiger charge is 2.21. The molecule has 1 aromatic rings. The number of hydrogen-bond acceptors (Lipinski definition) is 1. The van der Waals surface area contributed by atoms with E-state index in [1.807, 2.05) is 13.0 Å². The molecule has 0 aromatic heterocycles. The Kier molecular flexibility index (Phi) is 2.55. The molecule has 0 saturated carbocycles. The fourth-order valence-corrected chi connectivity index (χ4v) is 2.37. The summed E-state index contributed by atoms with van der Waals surface area (Å²) in [4.78, 5) is 0. The van der Waals surface area contributed by atoms with Crippen LogP contribution in [0.3, 0.4) is 0 Å². The highest BCUT2D eigenvalue weighted by molar-refractivity contribution is 5.38. The molecule has 2 rings (SSSR count). The average Bonchev–Trinajstić information content (AvgIpc) is 2.65. The molecule has 1 fully saturated rings. The summed E-state index contributed by atoms with van der Waals surface area (Å²) in [7, 11) is 0. The normalized spacial score (nSPS) is 21.5. The number of rotatable bonds is 1. The number of nitrogens with one attached hydrogen (secondary N) is 1. The molecule has 1 unspecified atom stereocenters. The van der Waals surface area contributed by atoms with Crippen LogP contribution in [0.15, 0.2) is 12.1 Å². The van der Waals surface area contributed by atoms with Gasteiger partial charge in [-0.3, -0.25) is 0 Å². The van der Waals surface area contributed by atoms with Crippen LogP contribution in [0.1, 0.15) is 29.0 Å². The molecule has 0 radical (unpaired) electrons. The molecule has 1 atom stereocenters. The first kappa shape index (κ1) is 9.66. The average molecular weight is 193 g/mol. The Morgan fingerprint density at radius 1 is 1.36 bits per heavy atom. The third kappa shape index (κ3) is 1.55. The summed E-state index contributed by atoms with van der Waals surface area (Å²) in [5.41, 5.74) is 3.27. The van der Waals surface area contributed by atoms with E-state index in [0.29, 0.717) is 5.92 Å². The van der Waals surface area contributed by atoms with E-state index in [2.05, 4.69) is 12.2 Å². The summed E-state index contributed by atoms with van der Waals surface area (Å²) in [6.07, 6.45) is 1.13. The topological polar surface area (TPSA) is 12.0 Å². The van der Waals surface area contributed by atoms with Crippen LogP contribution in [0, 0.1) is 19.7 Å². The van der Waals surface area contributed by atoms with Gasteiger partial charge in [0.05, 0.1) is 0 Å². The smallest absolute Gasteiger partial charge is 0.126 e. The summed E-state index contributed by atoms with van der Waals surface area (Å²) < 4.78 is 13.4. The van der Waals surface area contributed by atoms with Crippen LogP contribution in [-0.4, -0.2) is 13.1 Å². The third-order valence-electron chi connectivity index (χ3n) is 3.14. The SMILES string of the molecule is Cc1ccc(F)c(C)c1C1CCNC1. The summed E-state index contributed by atoms with van der Waals surface area (Å²) in [6.45, 7) is 6.00. The third-order valence-corrected chi connectivity index (χ3v) is 3.14. The molecule has 1 aliphatic rings. The zero-order chi connectivity index (χ0) is 10.1. The van der Waals surface area contributed by atoms with E-state index < -0.39 is 0 Å². The van der Waals surface area contributed by atoms with Gasteiger partial charge in [-0.25, -0.2) is 4.39 Å². The van der Waals surface area contributed by atoms with Crippen LogP contribution in [0.4, 0.5) is 4.39 Å². The van der Waals surface area contributed by atoms with Gasteiger partial charge in [-0.05, 0) is 55.5 Å². The van der Waals surface area contributed by atoms with Crippen LogP contribution in [0.5, 0.6) is 0 Å². The van der Waals surface area contributed by atoms with Gasteiger partial charge in [0.1, 0.15) is 5.82 Å². The lowest BCUT2D eigenvalue weighted by Crippen LogP contribution is -2.10. The lowest BCUT2D eigenvalue weighted by Gasteiger charge is -2.16. The fraction of sp³-hybridized carbons (Fsp3) is 0.500. The Balaban J connectivity index is 2.44. The first-order chi connectivity index (χ1) is 6.70. The van der Waals surface area contributed by atoms with Crippen molar-refractivity contribution in [1.82, 2.24) is 5.32 Å². The molecule has 14 heavy (non-hydrogen) atoms. The molecular weight excluding hydrogens is 177 g/mol. The Labute approximate surface area is 84.3 Å². The summed E-state index contributed by atoms with van der Waals surface area (Å²) >= 11 is 0. The highest BCUT2D eigenvalue weighted by Crippen LogP contribution is 2.29. The summed E-state index contributed by atoms with van der Waals surface area (Å²) in [5.74, 6) is 0.434. The molecule has 2 heteroatoms. The van der Waals surface area contributed by atoms with Crippen LogP contribution in [0.2, 0.25) is 0 Å². The van der Waals surface area contributed by atoms with E-state index in [4.69, 9.17) is 0 Å². The predicted molar refractivity (Wildman–Crippen MR) is 56.1 cm³/mol. The second-order valence-electron chi connectivity index (χ2n) is 4.09. The number of aryl methyl sites for hydroxylation is 1. The lowest BCUT2D eigenvalue weighted by molar-refractivity contribution is 0.608. The summed E-state index contributed by atoms with van der Waals surface area (Å²) in [5, 5.41) is 3.32. The second kappa shape index (κ2) is 3.70. The minimum atomic E-state index is -0.0718. The quantitative estimate of drug-likeness (QED) is 0.722. The summed E-state index contributed by atoms with van der Waals surface area (Å²) in [6, 6.07) is 3.45. The van der Waals surface area contributed by atoms with E-state index in [1.165, 1.54) is 11.1 Å². The molecule has 0 spiro atoms. The van der Waals surface area contributed by atoms with Crippen LogP contribution < -0.4 is 5.32 Å². The molecule has 1 N–H and O–H groups in total. The van der Waals surface area contributed by atoms with Crippen molar-refractivity contribution in [3.63, 3.8) is 0 Å². The van der Waals surface area contributed by atoms with Gasteiger partial charge < -0.3 is 5.32 Å². The number of halogens is 1. The van der Waals surface area contributed by atoms with E-state index in [9.17, 15) is 4.39 Å². The predicted octanol–water partition coefficient (Wildman–Crippen LogP) is 2.52. The first-order valence-electron chi connectivity index (χ1n) is 5.16. The van der Waals surface area contributed by atoms with E-state index in [0.717, 1.165) is 25.1 Å². The standard InChI is InChI=1S/C12H16FN/c1-8-3-4-11(13)9(2)12(8)10-5-6-14-7-10/h3-4,10,14H,5-7H2,1-2H3. The van der Waals surface area contributed by atoms with Gasteiger partial charge in [-0.1, -0.05) is 6.07 Å². The van der Waals surface area contributed by atoms with Gasteiger partial charge in [0.15, 0.2) is 0 Å². The van der Waals surface area contributed by atoms with Crippen molar-refractivity contribution < 1.29 is 4.39 Å². The molecule has 0 bridgehead atoms. The maximum Gasteiger partial charge on any atom is 0.126 e. The molecule has 1 aliphatic heterocycles. The molecular formula is C12H16FN. The fourth-order valence-electron chi connectivity index (χ4n) is 2.37. The van der Waals surface area contributed by atoms with Crippen molar-refractivity contribution >= 4 is 0 Å². The van der Waals surface area contributed by atoms with Gasteiger partial charge in [-0.2, -0.15) is 0 Å². The molecule has 1 heterocycles. The Hall–Kier alpha value is -0.890. The van der Waals surface area contributed by atoms with Gasteiger partial charge in [0.25, 0.3) is 0 Å². The van der Waals surface area contributed by atoms with Crippen molar-refractivity contribution in [3.8, 4) is 0 Å². The van der Waals surface area contributed by atoms with Crippen molar-refractivity contribution in [2.75, 3.05) is 13.1 Å². The molecule has 0 amide bonds.